The molecular formula is C37H31ClN4O2S. The molecule has 1 N–H and O–H groups in total. The van der Waals surface area contributed by atoms with Crippen molar-refractivity contribution >= 4 is 55.5 Å². The summed E-state index contributed by atoms with van der Waals surface area (Å²) in [5.74, 6) is 0.591. The third kappa shape index (κ3) is 6.75. The number of hydrogen-bond acceptors (Lipinski definition) is 3. The number of nitrogens with zero attached hydrogens (tertiary/aromatic N) is 3. The highest BCUT2D eigenvalue weighted by atomic mass is 35.5. The van der Waals surface area contributed by atoms with Gasteiger partial charge < -0.3 is 5.32 Å². The molecule has 0 saturated carbocycles. The lowest BCUT2D eigenvalue weighted by Crippen LogP contribution is -2.34. The summed E-state index contributed by atoms with van der Waals surface area (Å²) in [6, 6.07) is 39.6. The van der Waals surface area contributed by atoms with Crippen LogP contribution in [0.3, 0.4) is 0 Å². The molecule has 6 nitrogen and oxygen atoms in total. The first-order chi connectivity index (χ1) is 21.7. The van der Waals surface area contributed by atoms with Crippen molar-refractivity contribution in [1.29, 1.82) is 0 Å². The van der Waals surface area contributed by atoms with Crippen molar-refractivity contribution in [2.24, 2.45) is 4.40 Å². The Morgan fingerprint density at radius 1 is 0.733 bits per heavy atom. The van der Waals surface area contributed by atoms with E-state index < -0.39 is 10.0 Å². The van der Waals surface area contributed by atoms with E-state index in [1.165, 1.54) is 0 Å². The van der Waals surface area contributed by atoms with Crippen molar-refractivity contribution in [2.75, 3.05) is 10.2 Å². The van der Waals surface area contributed by atoms with Gasteiger partial charge in [-0.1, -0.05) is 101 Å². The zero-order valence-electron chi connectivity index (χ0n) is 25.1. The van der Waals surface area contributed by atoms with Crippen LogP contribution in [-0.2, 0) is 10.0 Å². The highest BCUT2D eigenvalue weighted by molar-refractivity contribution is 7.90. The topological polar surface area (TPSA) is 74.7 Å². The first-order valence-corrected chi connectivity index (χ1v) is 16.3. The molecule has 0 amide bonds. The Kier molecular flexibility index (Phi) is 8.39. The van der Waals surface area contributed by atoms with Gasteiger partial charge in [0.05, 0.1) is 16.3 Å². The summed E-state index contributed by atoms with van der Waals surface area (Å²) in [6.07, 6.45) is 0. The van der Waals surface area contributed by atoms with Gasteiger partial charge in [-0.15, -0.1) is 4.40 Å². The van der Waals surface area contributed by atoms with Gasteiger partial charge in [0, 0.05) is 21.7 Å². The summed E-state index contributed by atoms with van der Waals surface area (Å²) in [4.78, 5) is 7.02. The van der Waals surface area contributed by atoms with Crippen LogP contribution in [0.2, 0.25) is 5.02 Å². The molecule has 45 heavy (non-hydrogen) atoms. The number of fused-ring (bicyclic) bond motifs is 1. The van der Waals surface area contributed by atoms with Gasteiger partial charge in [0.25, 0.3) is 10.0 Å². The number of hydrogen-bond donors (Lipinski definition) is 1. The summed E-state index contributed by atoms with van der Waals surface area (Å²) < 4.78 is 32.3. The van der Waals surface area contributed by atoms with E-state index in [1.807, 2.05) is 124 Å². The van der Waals surface area contributed by atoms with Gasteiger partial charge in [0.1, 0.15) is 5.82 Å². The van der Waals surface area contributed by atoms with Crippen LogP contribution in [-0.4, -0.2) is 19.4 Å². The number of aromatic nitrogens is 1. The maximum atomic E-state index is 13.9. The second-order valence-corrected chi connectivity index (χ2v) is 13.0. The largest absolute Gasteiger partial charge is 0.325 e. The molecule has 0 bridgehead atoms. The van der Waals surface area contributed by atoms with Crippen molar-refractivity contribution in [3.05, 3.63) is 149 Å². The number of sulfonamides is 1. The molecule has 5 aromatic carbocycles. The normalized spacial score (nSPS) is 11.9. The van der Waals surface area contributed by atoms with Gasteiger partial charge >= 0.3 is 0 Å². The predicted molar refractivity (Wildman–Crippen MR) is 186 cm³/mol. The number of aryl methyl sites for hydroxylation is 3. The zero-order valence-corrected chi connectivity index (χ0v) is 26.6. The first-order valence-electron chi connectivity index (χ1n) is 14.4. The Labute approximate surface area is 268 Å². The van der Waals surface area contributed by atoms with E-state index in [4.69, 9.17) is 16.6 Å². The van der Waals surface area contributed by atoms with Crippen LogP contribution in [0, 0.1) is 20.8 Å². The summed E-state index contributed by atoms with van der Waals surface area (Å²) >= 11 is 6.21. The van der Waals surface area contributed by atoms with Crippen molar-refractivity contribution in [3.8, 4) is 11.3 Å². The van der Waals surface area contributed by atoms with E-state index in [-0.39, 0.29) is 10.9 Å². The molecule has 224 valence electrons. The maximum absolute atomic E-state index is 13.9. The molecule has 0 aliphatic carbocycles. The lowest BCUT2D eigenvalue weighted by Gasteiger charge is -2.28. The molecule has 0 fully saturated rings. The third-order valence-electron chi connectivity index (χ3n) is 7.41. The minimum absolute atomic E-state index is 0.0780. The number of nitrogens with one attached hydrogen (secondary N) is 1. The minimum Gasteiger partial charge on any atom is -0.325 e. The smallest absolute Gasteiger partial charge is 0.285 e. The molecule has 8 heteroatoms. The summed E-state index contributed by atoms with van der Waals surface area (Å²) in [5.41, 5.74) is 6.01. The SMILES string of the molecule is Cc1ccc(N/C(=N\S(=O)(=O)c2ccc(C)cc2)N(c2ccc(C)cc2)c2nc(-c3ccc(Cl)cc3)cc3ccccc23)cc1. The molecule has 0 saturated heterocycles. The van der Waals surface area contributed by atoms with Crippen LogP contribution >= 0.6 is 11.6 Å². The Bertz CT molecular complexity index is 2110. The van der Waals surface area contributed by atoms with Gasteiger partial charge in [-0.2, -0.15) is 8.42 Å². The fourth-order valence-corrected chi connectivity index (χ4v) is 5.99. The van der Waals surface area contributed by atoms with E-state index in [0.29, 0.717) is 27.9 Å². The van der Waals surface area contributed by atoms with E-state index in [0.717, 1.165) is 33.0 Å². The number of rotatable bonds is 6. The van der Waals surface area contributed by atoms with Crippen molar-refractivity contribution in [1.82, 2.24) is 4.98 Å². The Morgan fingerprint density at radius 2 is 1.31 bits per heavy atom. The van der Waals surface area contributed by atoms with E-state index in [2.05, 4.69) is 9.71 Å². The standard InChI is InChI=1S/C37H31ClN4O2S/c1-25-8-18-31(19-9-25)39-37(41-45(43,44)33-22-12-27(3)13-23-33)42(32-20-10-26(2)11-21-32)36-34-7-5-4-6-29(34)24-35(40-36)28-14-16-30(38)17-15-28/h4-24H,1-3H3,(H,39,41). The number of guanidine groups is 1. The molecule has 0 spiro atoms. The van der Waals surface area contributed by atoms with Gasteiger partial charge in [-0.3, -0.25) is 4.90 Å². The Morgan fingerprint density at radius 3 is 1.96 bits per heavy atom. The van der Waals surface area contributed by atoms with E-state index in [1.54, 1.807) is 29.2 Å². The number of pyridine rings is 1. The van der Waals surface area contributed by atoms with Gasteiger partial charge in [-0.05, 0) is 80.8 Å². The fourth-order valence-electron chi connectivity index (χ4n) is 4.92. The average molecular weight is 631 g/mol. The third-order valence-corrected chi connectivity index (χ3v) is 8.94. The quantitative estimate of drug-likeness (QED) is 0.147. The van der Waals surface area contributed by atoms with Crippen molar-refractivity contribution in [2.45, 2.75) is 25.7 Å². The van der Waals surface area contributed by atoms with Crippen molar-refractivity contribution < 1.29 is 8.42 Å². The number of anilines is 3. The zero-order chi connectivity index (χ0) is 31.6. The summed E-state index contributed by atoms with van der Waals surface area (Å²) in [5, 5.41) is 5.70. The molecule has 6 rings (SSSR count). The van der Waals surface area contributed by atoms with Gasteiger partial charge in [0.15, 0.2) is 0 Å². The number of halogens is 1. The summed E-state index contributed by atoms with van der Waals surface area (Å²) in [6.45, 7) is 5.91. The monoisotopic (exact) mass is 630 g/mol. The molecule has 0 unspecified atom stereocenters. The lowest BCUT2D eigenvalue weighted by atomic mass is 10.1. The molecule has 0 aliphatic heterocycles. The first kappa shape index (κ1) is 30.1. The molecule has 1 aromatic heterocycles. The minimum atomic E-state index is -4.15. The molecule has 0 atom stereocenters. The Balaban J connectivity index is 1.64. The predicted octanol–water partition coefficient (Wildman–Crippen LogP) is 9.48. The second-order valence-electron chi connectivity index (χ2n) is 10.9. The van der Waals surface area contributed by atoms with Gasteiger partial charge in [0.2, 0.25) is 5.96 Å². The second kappa shape index (κ2) is 12.6. The van der Waals surface area contributed by atoms with Crippen molar-refractivity contribution in [3.63, 3.8) is 0 Å². The van der Waals surface area contributed by atoms with Crippen LogP contribution < -0.4 is 10.2 Å². The van der Waals surface area contributed by atoms with E-state index >= 15 is 0 Å². The lowest BCUT2D eigenvalue weighted by molar-refractivity contribution is 0.598. The molecule has 0 radical (unpaired) electrons. The molecule has 0 aliphatic rings. The van der Waals surface area contributed by atoms with Crippen LogP contribution in [0.1, 0.15) is 16.7 Å². The molecule has 6 aromatic rings. The van der Waals surface area contributed by atoms with Gasteiger partial charge in [-0.25, -0.2) is 4.98 Å². The maximum Gasteiger partial charge on any atom is 0.285 e. The van der Waals surface area contributed by atoms with Crippen LogP contribution in [0.25, 0.3) is 22.0 Å². The highest BCUT2D eigenvalue weighted by Gasteiger charge is 2.25. The Hall–Kier alpha value is -4.98. The fraction of sp³-hybridized carbons (Fsp3) is 0.0811. The van der Waals surface area contributed by atoms with Crippen LogP contribution in [0.4, 0.5) is 17.2 Å². The summed E-state index contributed by atoms with van der Waals surface area (Å²) in [7, 11) is -4.15. The van der Waals surface area contributed by atoms with E-state index in [9.17, 15) is 8.42 Å². The highest BCUT2D eigenvalue weighted by Crippen LogP contribution is 2.35. The average Bonchev–Trinajstić information content (AvgIpc) is 3.03. The molecular weight excluding hydrogens is 600 g/mol. The van der Waals surface area contributed by atoms with Crippen LogP contribution in [0.15, 0.2) is 137 Å². The molecule has 1 heterocycles. The number of benzene rings is 5. The van der Waals surface area contributed by atoms with Crippen LogP contribution in [0.5, 0.6) is 0 Å².